The van der Waals surface area contributed by atoms with Gasteiger partial charge in [0.25, 0.3) is 5.69 Å². The minimum Gasteiger partial charge on any atom is -0.444 e. The van der Waals surface area contributed by atoms with Gasteiger partial charge in [0.15, 0.2) is 0 Å². The van der Waals surface area contributed by atoms with Crippen LogP contribution in [0.25, 0.3) is 0 Å². The van der Waals surface area contributed by atoms with Crippen molar-refractivity contribution in [3.05, 3.63) is 69.2 Å². The first kappa shape index (κ1) is 16.3. The average molecular weight is 347 g/mol. The van der Waals surface area contributed by atoms with E-state index in [0.29, 0.717) is 0 Å². The van der Waals surface area contributed by atoms with Crippen LogP contribution in [0, 0.1) is 10.1 Å². The van der Waals surface area contributed by atoms with Crippen molar-refractivity contribution in [1.82, 2.24) is 0 Å². The number of amides is 1. The third kappa shape index (κ3) is 3.65. The Morgan fingerprint density at radius 2 is 1.96 bits per heavy atom. The number of nitro benzene ring substituents is 1. The Hall–Kier alpha value is -2.60. The quantitative estimate of drug-likeness (QED) is 0.588. The predicted octanol–water partition coefficient (Wildman–Crippen LogP) is 4.55. The number of carbonyl (C=O) groups excluding carboxylic acids is 1. The van der Waals surface area contributed by atoms with Crippen molar-refractivity contribution in [2.75, 3.05) is 4.90 Å². The summed E-state index contributed by atoms with van der Waals surface area (Å²) in [6.07, 6.45) is 0.993. The van der Waals surface area contributed by atoms with Crippen molar-refractivity contribution in [3.63, 3.8) is 0 Å². The fourth-order valence-electron chi connectivity index (χ4n) is 2.41. The Morgan fingerprint density at radius 3 is 2.58 bits per heavy atom. The van der Waals surface area contributed by atoms with Gasteiger partial charge in [-0.25, -0.2) is 4.79 Å². The minimum atomic E-state index is -0.591. The van der Waals surface area contributed by atoms with Crippen LogP contribution in [0.5, 0.6) is 0 Å². The molecule has 1 aliphatic rings. The first-order chi connectivity index (χ1) is 11.6. The lowest BCUT2D eigenvalue weighted by Crippen LogP contribution is -2.34. The van der Waals surface area contributed by atoms with Crippen molar-refractivity contribution in [2.24, 2.45) is 0 Å². The maximum absolute atomic E-state index is 12.5. The van der Waals surface area contributed by atoms with Crippen molar-refractivity contribution in [1.29, 1.82) is 0 Å². The SMILES string of the molecule is O=C(OCc1ccccc1)N(c1ccc(Cl)cc1[N+](=O)[O-])C1CC1. The summed E-state index contributed by atoms with van der Waals surface area (Å²) in [6, 6.07) is 13.5. The monoisotopic (exact) mass is 346 g/mol. The van der Waals surface area contributed by atoms with Gasteiger partial charge in [-0.15, -0.1) is 0 Å². The molecule has 2 aromatic carbocycles. The Kier molecular flexibility index (Phi) is 4.66. The van der Waals surface area contributed by atoms with Crippen LogP contribution in [-0.2, 0) is 11.3 Å². The molecule has 0 saturated heterocycles. The number of hydrogen-bond donors (Lipinski definition) is 0. The second kappa shape index (κ2) is 6.88. The lowest BCUT2D eigenvalue weighted by Gasteiger charge is -2.21. The number of benzene rings is 2. The van der Waals surface area contributed by atoms with E-state index < -0.39 is 11.0 Å². The number of nitrogens with zero attached hydrogens (tertiary/aromatic N) is 2. The van der Waals surface area contributed by atoms with Crippen LogP contribution < -0.4 is 4.90 Å². The molecular weight excluding hydrogens is 332 g/mol. The van der Waals surface area contributed by atoms with E-state index >= 15 is 0 Å². The van der Waals surface area contributed by atoms with Gasteiger partial charge in [0.05, 0.1) is 4.92 Å². The molecule has 6 nitrogen and oxygen atoms in total. The van der Waals surface area contributed by atoms with E-state index in [9.17, 15) is 14.9 Å². The molecule has 1 amide bonds. The van der Waals surface area contributed by atoms with Crippen LogP contribution in [0.15, 0.2) is 48.5 Å². The number of rotatable bonds is 5. The zero-order valence-electron chi connectivity index (χ0n) is 12.7. The first-order valence-corrected chi connectivity index (χ1v) is 7.88. The van der Waals surface area contributed by atoms with Gasteiger partial charge in [-0.05, 0) is 30.5 Å². The maximum Gasteiger partial charge on any atom is 0.415 e. The van der Waals surface area contributed by atoms with Crippen molar-refractivity contribution >= 4 is 29.1 Å². The van der Waals surface area contributed by atoms with E-state index in [1.807, 2.05) is 30.3 Å². The topological polar surface area (TPSA) is 72.7 Å². The number of anilines is 1. The molecule has 0 atom stereocenters. The van der Waals surface area contributed by atoms with E-state index in [2.05, 4.69) is 0 Å². The molecule has 0 spiro atoms. The van der Waals surface area contributed by atoms with Gasteiger partial charge in [-0.3, -0.25) is 15.0 Å². The summed E-state index contributed by atoms with van der Waals surface area (Å²) in [4.78, 5) is 24.6. The number of nitro groups is 1. The highest BCUT2D eigenvalue weighted by Crippen LogP contribution is 2.38. The molecule has 0 aliphatic heterocycles. The van der Waals surface area contributed by atoms with Gasteiger partial charge in [0.2, 0.25) is 0 Å². The smallest absolute Gasteiger partial charge is 0.415 e. The summed E-state index contributed by atoms with van der Waals surface area (Å²) in [5, 5.41) is 11.5. The molecule has 3 rings (SSSR count). The normalized spacial score (nSPS) is 13.4. The van der Waals surface area contributed by atoms with E-state index in [1.54, 1.807) is 0 Å². The predicted molar refractivity (Wildman–Crippen MR) is 90.2 cm³/mol. The van der Waals surface area contributed by atoms with E-state index in [0.717, 1.165) is 18.4 Å². The highest BCUT2D eigenvalue weighted by atomic mass is 35.5. The van der Waals surface area contributed by atoms with E-state index in [4.69, 9.17) is 16.3 Å². The fourth-order valence-corrected chi connectivity index (χ4v) is 2.58. The molecule has 0 radical (unpaired) electrons. The molecule has 1 aliphatic carbocycles. The second-order valence-electron chi connectivity index (χ2n) is 5.53. The average Bonchev–Trinajstić information content (AvgIpc) is 3.40. The maximum atomic E-state index is 12.5. The van der Waals surface area contributed by atoms with Crippen LogP contribution in [0.4, 0.5) is 16.2 Å². The van der Waals surface area contributed by atoms with Gasteiger partial charge in [-0.2, -0.15) is 0 Å². The zero-order chi connectivity index (χ0) is 17.1. The third-order valence-electron chi connectivity index (χ3n) is 3.71. The Balaban J connectivity index is 1.82. The molecule has 2 aromatic rings. The summed E-state index contributed by atoms with van der Waals surface area (Å²) >= 11 is 5.84. The second-order valence-corrected chi connectivity index (χ2v) is 5.97. The van der Waals surface area contributed by atoms with Gasteiger partial charge in [0.1, 0.15) is 12.3 Å². The summed E-state index contributed by atoms with van der Waals surface area (Å²) in [6.45, 7) is 0.115. The Morgan fingerprint density at radius 1 is 1.25 bits per heavy atom. The van der Waals surface area contributed by atoms with Crippen molar-refractivity contribution < 1.29 is 14.5 Å². The number of ether oxygens (including phenoxy) is 1. The molecule has 24 heavy (non-hydrogen) atoms. The lowest BCUT2D eigenvalue weighted by atomic mass is 10.2. The lowest BCUT2D eigenvalue weighted by molar-refractivity contribution is -0.384. The summed E-state index contributed by atoms with van der Waals surface area (Å²) in [5.41, 5.74) is 0.864. The first-order valence-electron chi connectivity index (χ1n) is 7.50. The molecule has 1 saturated carbocycles. The van der Waals surface area contributed by atoms with Crippen LogP contribution in [0.1, 0.15) is 18.4 Å². The Labute approximate surface area is 143 Å². The van der Waals surface area contributed by atoms with Crippen LogP contribution in [-0.4, -0.2) is 17.1 Å². The molecule has 0 bridgehead atoms. The van der Waals surface area contributed by atoms with E-state index in [1.165, 1.54) is 23.1 Å². The number of halogens is 1. The molecule has 0 N–H and O–H groups in total. The van der Waals surface area contributed by atoms with Crippen LogP contribution >= 0.6 is 11.6 Å². The van der Waals surface area contributed by atoms with Gasteiger partial charge < -0.3 is 4.74 Å². The number of hydrogen-bond acceptors (Lipinski definition) is 4. The highest BCUT2D eigenvalue weighted by molar-refractivity contribution is 6.31. The fraction of sp³-hybridized carbons (Fsp3) is 0.235. The van der Waals surface area contributed by atoms with Gasteiger partial charge in [-0.1, -0.05) is 41.9 Å². The molecule has 0 heterocycles. The number of carbonyl (C=O) groups is 1. The van der Waals surface area contributed by atoms with Gasteiger partial charge >= 0.3 is 6.09 Å². The van der Waals surface area contributed by atoms with Crippen LogP contribution in [0.2, 0.25) is 5.02 Å². The van der Waals surface area contributed by atoms with Crippen molar-refractivity contribution in [2.45, 2.75) is 25.5 Å². The molecule has 1 fully saturated rings. The standard InChI is InChI=1S/C17H15ClN2O4/c18-13-6-9-15(16(10-13)20(22)23)19(14-7-8-14)17(21)24-11-12-4-2-1-3-5-12/h1-6,9-10,14H,7-8,11H2. The van der Waals surface area contributed by atoms with Gasteiger partial charge in [0, 0.05) is 17.1 Å². The molecule has 7 heteroatoms. The van der Waals surface area contributed by atoms with Crippen molar-refractivity contribution in [3.8, 4) is 0 Å². The molecule has 124 valence electrons. The molecule has 0 unspecified atom stereocenters. The minimum absolute atomic E-state index is 0.0758. The summed E-state index contributed by atoms with van der Waals surface area (Å²) in [5.74, 6) is 0. The third-order valence-corrected chi connectivity index (χ3v) is 3.94. The summed E-state index contributed by atoms with van der Waals surface area (Å²) in [7, 11) is 0. The Bertz CT molecular complexity index is 762. The highest BCUT2D eigenvalue weighted by Gasteiger charge is 2.38. The van der Waals surface area contributed by atoms with Crippen LogP contribution in [0.3, 0.4) is 0 Å². The van der Waals surface area contributed by atoms with E-state index in [-0.39, 0.29) is 29.0 Å². The zero-order valence-corrected chi connectivity index (χ0v) is 13.5. The molecular formula is C17H15ClN2O4. The summed E-state index contributed by atoms with van der Waals surface area (Å²) < 4.78 is 5.34. The largest absolute Gasteiger partial charge is 0.444 e. The molecule has 0 aromatic heterocycles.